The molecule has 0 aliphatic heterocycles. The third kappa shape index (κ3) is 3.23. The van der Waals surface area contributed by atoms with Crippen LogP contribution in [-0.4, -0.2) is 29.5 Å². The molecular formula is C17H15Cl2N3O3. The van der Waals surface area contributed by atoms with Crippen molar-refractivity contribution in [1.82, 2.24) is 9.38 Å². The van der Waals surface area contributed by atoms with Crippen molar-refractivity contribution in [3.05, 3.63) is 51.9 Å². The summed E-state index contributed by atoms with van der Waals surface area (Å²) in [5.74, 6) is 0.517. The fraction of sp³-hybridized carbons (Fsp3) is 0.176. The number of pyridine rings is 1. The number of aryl methyl sites for hydroxylation is 1. The summed E-state index contributed by atoms with van der Waals surface area (Å²) in [7, 11) is 2.99. The number of aromatic nitrogens is 2. The van der Waals surface area contributed by atoms with Crippen LogP contribution < -0.4 is 14.8 Å². The first-order valence-corrected chi connectivity index (χ1v) is 8.07. The highest BCUT2D eigenvalue weighted by Gasteiger charge is 2.19. The van der Waals surface area contributed by atoms with Crippen LogP contribution in [0.3, 0.4) is 0 Å². The fourth-order valence-corrected chi connectivity index (χ4v) is 2.94. The molecule has 0 saturated carbocycles. The predicted molar refractivity (Wildman–Crippen MR) is 97.4 cm³/mol. The molecule has 0 atom stereocenters. The molecule has 0 aliphatic rings. The van der Waals surface area contributed by atoms with E-state index in [0.717, 1.165) is 0 Å². The van der Waals surface area contributed by atoms with Crippen LogP contribution in [0.2, 0.25) is 10.0 Å². The molecule has 8 heteroatoms. The maximum atomic E-state index is 12.8. The number of rotatable bonds is 4. The zero-order chi connectivity index (χ0) is 18.1. The Hall–Kier alpha value is -2.44. The molecule has 0 saturated heterocycles. The fourth-order valence-electron chi connectivity index (χ4n) is 2.55. The minimum absolute atomic E-state index is 0.338. The summed E-state index contributed by atoms with van der Waals surface area (Å²) in [5, 5.41) is 3.75. The first-order chi connectivity index (χ1) is 11.9. The van der Waals surface area contributed by atoms with Crippen molar-refractivity contribution in [3.63, 3.8) is 0 Å². The molecule has 1 aromatic carbocycles. The lowest BCUT2D eigenvalue weighted by molar-refractivity contribution is 0.102. The first kappa shape index (κ1) is 17.4. The topological polar surface area (TPSA) is 64.9 Å². The van der Waals surface area contributed by atoms with E-state index in [4.69, 9.17) is 32.7 Å². The molecule has 2 aromatic heterocycles. The van der Waals surface area contributed by atoms with Crippen molar-refractivity contribution in [2.24, 2.45) is 0 Å². The molecule has 0 aliphatic carbocycles. The van der Waals surface area contributed by atoms with Crippen LogP contribution in [-0.2, 0) is 0 Å². The molecule has 3 aromatic rings. The molecular weight excluding hydrogens is 365 g/mol. The van der Waals surface area contributed by atoms with Crippen molar-refractivity contribution >= 4 is 40.4 Å². The maximum Gasteiger partial charge on any atom is 0.274 e. The SMILES string of the molecule is COc1cc(NC(=O)c2c(C)nc3cc(Cl)ccn23)c(OC)cc1Cl. The molecule has 0 unspecified atom stereocenters. The highest BCUT2D eigenvalue weighted by Crippen LogP contribution is 2.36. The predicted octanol–water partition coefficient (Wildman–Crippen LogP) is 4.22. The summed E-state index contributed by atoms with van der Waals surface area (Å²) in [6.45, 7) is 1.76. The van der Waals surface area contributed by atoms with Gasteiger partial charge >= 0.3 is 0 Å². The number of hydrogen-bond donors (Lipinski definition) is 1. The van der Waals surface area contributed by atoms with E-state index in [1.54, 1.807) is 41.8 Å². The molecule has 3 rings (SSSR count). The Kier molecular flexibility index (Phi) is 4.74. The minimum Gasteiger partial charge on any atom is -0.495 e. The normalized spacial score (nSPS) is 10.8. The van der Waals surface area contributed by atoms with Crippen LogP contribution in [0.5, 0.6) is 11.5 Å². The van der Waals surface area contributed by atoms with Crippen molar-refractivity contribution < 1.29 is 14.3 Å². The highest BCUT2D eigenvalue weighted by atomic mass is 35.5. The number of ether oxygens (including phenoxy) is 2. The zero-order valence-corrected chi connectivity index (χ0v) is 15.3. The van der Waals surface area contributed by atoms with E-state index >= 15 is 0 Å². The molecule has 0 bridgehead atoms. The largest absolute Gasteiger partial charge is 0.495 e. The van der Waals surface area contributed by atoms with Gasteiger partial charge in [0.25, 0.3) is 5.91 Å². The van der Waals surface area contributed by atoms with Crippen molar-refractivity contribution in [3.8, 4) is 11.5 Å². The summed E-state index contributed by atoms with van der Waals surface area (Å²) in [5.41, 5.74) is 2.02. The molecule has 0 radical (unpaired) electrons. The summed E-state index contributed by atoms with van der Waals surface area (Å²) in [6, 6.07) is 6.57. The maximum absolute atomic E-state index is 12.8. The molecule has 25 heavy (non-hydrogen) atoms. The lowest BCUT2D eigenvalue weighted by atomic mass is 10.2. The number of hydrogen-bond acceptors (Lipinski definition) is 4. The van der Waals surface area contributed by atoms with E-state index in [1.165, 1.54) is 14.2 Å². The minimum atomic E-state index is -0.338. The number of nitrogens with zero attached hydrogens (tertiary/aromatic N) is 2. The summed E-state index contributed by atoms with van der Waals surface area (Å²) in [4.78, 5) is 17.2. The molecule has 2 heterocycles. The van der Waals surface area contributed by atoms with Crippen molar-refractivity contribution in [2.75, 3.05) is 19.5 Å². The van der Waals surface area contributed by atoms with E-state index in [9.17, 15) is 4.79 Å². The highest BCUT2D eigenvalue weighted by molar-refractivity contribution is 6.32. The van der Waals surface area contributed by atoms with Crippen LogP contribution in [0.1, 0.15) is 16.2 Å². The van der Waals surface area contributed by atoms with E-state index in [-0.39, 0.29) is 5.91 Å². The number of benzene rings is 1. The average Bonchev–Trinajstić information content (AvgIpc) is 2.90. The lowest BCUT2D eigenvalue weighted by Gasteiger charge is -2.13. The van der Waals surface area contributed by atoms with Gasteiger partial charge < -0.3 is 14.8 Å². The van der Waals surface area contributed by atoms with Crippen LogP contribution in [0.4, 0.5) is 5.69 Å². The molecule has 1 N–H and O–H groups in total. The smallest absolute Gasteiger partial charge is 0.274 e. The lowest BCUT2D eigenvalue weighted by Crippen LogP contribution is -2.16. The number of halogens is 2. The molecule has 1 amide bonds. The number of methoxy groups -OCH3 is 2. The quantitative estimate of drug-likeness (QED) is 0.736. The van der Waals surface area contributed by atoms with Gasteiger partial charge in [-0.25, -0.2) is 4.98 Å². The summed E-state index contributed by atoms with van der Waals surface area (Å²) < 4.78 is 12.2. The van der Waals surface area contributed by atoms with Gasteiger partial charge in [0.1, 0.15) is 22.8 Å². The molecule has 130 valence electrons. The monoisotopic (exact) mass is 379 g/mol. The Morgan fingerprint density at radius 1 is 1.16 bits per heavy atom. The number of anilines is 1. The Balaban J connectivity index is 2.02. The van der Waals surface area contributed by atoms with Crippen LogP contribution >= 0.6 is 23.2 Å². The Labute approximate surface area is 154 Å². The number of carbonyl (C=O) groups is 1. The first-order valence-electron chi connectivity index (χ1n) is 7.31. The van der Waals surface area contributed by atoms with Gasteiger partial charge in [0.15, 0.2) is 0 Å². The number of carbonyl (C=O) groups excluding carboxylic acids is 1. The second-order valence-electron chi connectivity index (χ2n) is 5.26. The number of amides is 1. The van der Waals surface area contributed by atoms with Crippen LogP contribution in [0, 0.1) is 6.92 Å². The van der Waals surface area contributed by atoms with Gasteiger partial charge in [-0.15, -0.1) is 0 Å². The van der Waals surface area contributed by atoms with Crippen molar-refractivity contribution in [2.45, 2.75) is 6.92 Å². The summed E-state index contributed by atoms with van der Waals surface area (Å²) >= 11 is 12.1. The zero-order valence-electron chi connectivity index (χ0n) is 13.8. The van der Waals surface area contributed by atoms with Gasteiger partial charge in [-0.1, -0.05) is 23.2 Å². The third-order valence-electron chi connectivity index (χ3n) is 3.70. The average molecular weight is 380 g/mol. The standard InChI is InChI=1S/C17H15Cl2N3O3/c1-9-16(22-5-4-10(18)6-15(22)20-9)17(23)21-12-8-13(24-2)11(19)7-14(12)25-3/h4-8H,1-3H3,(H,21,23). The number of nitrogens with one attached hydrogen (secondary N) is 1. The Bertz CT molecular complexity index is 969. The number of imidazole rings is 1. The van der Waals surface area contributed by atoms with Crippen LogP contribution in [0.15, 0.2) is 30.5 Å². The van der Waals surface area contributed by atoms with E-state index in [2.05, 4.69) is 10.3 Å². The number of fused-ring (bicyclic) bond motifs is 1. The van der Waals surface area contributed by atoms with Gasteiger partial charge in [0.05, 0.1) is 30.6 Å². The summed E-state index contributed by atoms with van der Waals surface area (Å²) in [6.07, 6.45) is 1.70. The van der Waals surface area contributed by atoms with Gasteiger partial charge in [-0.3, -0.25) is 9.20 Å². The van der Waals surface area contributed by atoms with Gasteiger partial charge in [-0.05, 0) is 13.0 Å². The van der Waals surface area contributed by atoms with Crippen molar-refractivity contribution in [1.29, 1.82) is 0 Å². The third-order valence-corrected chi connectivity index (χ3v) is 4.23. The van der Waals surface area contributed by atoms with E-state index in [1.807, 2.05) is 0 Å². The van der Waals surface area contributed by atoms with Crippen LogP contribution in [0.25, 0.3) is 5.65 Å². The Morgan fingerprint density at radius 2 is 1.88 bits per heavy atom. The van der Waals surface area contributed by atoms with Gasteiger partial charge in [0, 0.05) is 29.4 Å². The second kappa shape index (κ2) is 6.82. The van der Waals surface area contributed by atoms with E-state index < -0.39 is 0 Å². The molecule has 0 spiro atoms. The van der Waals surface area contributed by atoms with Gasteiger partial charge in [-0.2, -0.15) is 0 Å². The molecule has 0 fully saturated rings. The van der Waals surface area contributed by atoms with Gasteiger partial charge in [0.2, 0.25) is 0 Å². The Morgan fingerprint density at radius 3 is 2.56 bits per heavy atom. The molecule has 6 nitrogen and oxygen atoms in total. The second-order valence-corrected chi connectivity index (χ2v) is 6.10. The van der Waals surface area contributed by atoms with E-state index in [0.29, 0.717) is 44.3 Å².